The molecule has 3 nitrogen and oxygen atoms in total. The summed E-state index contributed by atoms with van der Waals surface area (Å²) in [5, 5.41) is 20.4. The molecule has 0 aliphatic carbocycles. The molecule has 0 unspecified atom stereocenters. The molecular formula is C18H30O3S. The van der Waals surface area contributed by atoms with Gasteiger partial charge in [-0.05, 0) is 25.5 Å². The Balaban J connectivity index is 2.43. The first-order valence-electron chi connectivity index (χ1n) is 8.26. The number of aryl methyl sites for hydroxylation is 1. The summed E-state index contributed by atoms with van der Waals surface area (Å²) in [6, 6.07) is 7.52. The van der Waals surface area contributed by atoms with Gasteiger partial charge in [-0.15, -0.1) is 0 Å². The number of aliphatic hydroxyl groups excluding tert-OH is 2. The maximum Gasteiger partial charge on any atom is 0.0709 e. The highest BCUT2D eigenvalue weighted by Gasteiger charge is 2.24. The van der Waals surface area contributed by atoms with Crippen molar-refractivity contribution < 1.29 is 14.4 Å². The van der Waals surface area contributed by atoms with Crippen molar-refractivity contribution in [2.75, 3.05) is 5.75 Å². The second kappa shape index (κ2) is 10.1. The van der Waals surface area contributed by atoms with Crippen LogP contribution in [0.4, 0.5) is 0 Å². The van der Waals surface area contributed by atoms with Crippen LogP contribution in [0.1, 0.15) is 51.5 Å². The molecule has 0 amide bonds. The van der Waals surface area contributed by atoms with Gasteiger partial charge in [0.15, 0.2) is 0 Å². The van der Waals surface area contributed by atoms with Gasteiger partial charge in [0.1, 0.15) is 0 Å². The molecule has 0 spiro atoms. The molecule has 0 aliphatic heterocycles. The van der Waals surface area contributed by atoms with Crippen molar-refractivity contribution in [3.8, 4) is 0 Å². The third kappa shape index (κ3) is 6.59. The topological polar surface area (TPSA) is 57.5 Å². The highest BCUT2D eigenvalue weighted by Crippen LogP contribution is 2.18. The molecule has 0 saturated carbocycles. The average molecular weight is 327 g/mol. The van der Waals surface area contributed by atoms with Crippen molar-refractivity contribution in [1.29, 1.82) is 0 Å². The third-order valence-corrected chi connectivity index (χ3v) is 5.62. The van der Waals surface area contributed by atoms with Crippen LogP contribution in [-0.2, 0) is 10.8 Å². The molecule has 0 saturated heterocycles. The van der Waals surface area contributed by atoms with Gasteiger partial charge < -0.3 is 10.2 Å². The Morgan fingerprint density at radius 3 is 2.27 bits per heavy atom. The molecule has 2 N–H and O–H groups in total. The lowest BCUT2D eigenvalue weighted by molar-refractivity contribution is 0.0276. The molecule has 0 heterocycles. The summed E-state index contributed by atoms with van der Waals surface area (Å²) in [5.41, 5.74) is 1.12. The van der Waals surface area contributed by atoms with Gasteiger partial charge in [0.25, 0.3) is 0 Å². The van der Waals surface area contributed by atoms with E-state index in [0.717, 1.165) is 23.3 Å². The van der Waals surface area contributed by atoms with Gasteiger partial charge in [-0.2, -0.15) is 0 Å². The smallest absolute Gasteiger partial charge is 0.0709 e. The largest absolute Gasteiger partial charge is 0.393 e. The van der Waals surface area contributed by atoms with Gasteiger partial charge in [0.2, 0.25) is 0 Å². The summed E-state index contributed by atoms with van der Waals surface area (Å²) in [7, 11) is -1.23. The number of unbranched alkanes of at least 4 members (excludes halogenated alkanes) is 3. The van der Waals surface area contributed by atoms with E-state index in [1.54, 1.807) is 0 Å². The van der Waals surface area contributed by atoms with Crippen molar-refractivity contribution in [2.24, 2.45) is 5.92 Å². The number of hydrogen-bond acceptors (Lipinski definition) is 3. The molecule has 0 radical (unpaired) electrons. The molecule has 0 aliphatic rings. The van der Waals surface area contributed by atoms with Crippen LogP contribution < -0.4 is 0 Å². The van der Waals surface area contributed by atoms with Crippen LogP contribution in [0.3, 0.4) is 0 Å². The molecule has 1 aromatic rings. The number of rotatable bonds is 10. The van der Waals surface area contributed by atoms with E-state index in [4.69, 9.17) is 0 Å². The predicted octanol–water partition coefficient (Wildman–Crippen LogP) is 3.43. The third-order valence-electron chi connectivity index (χ3n) is 4.17. The molecule has 4 heteroatoms. The van der Waals surface area contributed by atoms with E-state index in [-0.39, 0.29) is 11.7 Å². The van der Waals surface area contributed by atoms with E-state index in [9.17, 15) is 14.4 Å². The van der Waals surface area contributed by atoms with Gasteiger partial charge in [-0.3, -0.25) is 4.21 Å². The first-order chi connectivity index (χ1) is 10.5. The molecule has 0 aromatic heterocycles. The average Bonchev–Trinajstić information content (AvgIpc) is 2.51. The quantitative estimate of drug-likeness (QED) is 0.648. The SMILES string of the molecule is CCCCCC[C@@H](O)[C@H](C)[C@@H](O)C[S@@](=O)c1ccc(C)cc1. The monoisotopic (exact) mass is 326 g/mol. The van der Waals surface area contributed by atoms with E-state index in [0.29, 0.717) is 6.42 Å². The first-order valence-corrected chi connectivity index (χ1v) is 9.58. The lowest BCUT2D eigenvalue weighted by atomic mass is 9.94. The van der Waals surface area contributed by atoms with Crippen LogP contribution in [-0.4, -0.2) is 32.4 Å². The van der Waals surface area contributed by atoms with Crippen LogP contribution in [0.15, 0.2) is 29.2 Å². The van der Waals surface area contributed by atoms with Gasteiger partial charge in [-0.1, -0.05) is 57.2 Å². The zero-order valence-electron chi connectivity index (χ0n) is 14.0. The maximum absolute atomic E-state index is 12.3. The van der Waals surface area contributed by atoms with Crippen LogP contribution in [0.25, 0.3) is 0 Å². The minimum atomic E-state index is -1.23. The minimum Gasteiger partial charge on any atom is -0.393 e. The Morgan fingerprint density at radius 2 is 1.68 bits per heavy atom. The first kappa shape index (κ1) is 19.3. The normalized spacial score (nSPS) is 17.0. The standard InChI is InChI=1S/C18H30O3S/c1-4-5-6-7-8-17(19)15(3)18(20)13-22(21)16-11-9-14(2)10-12-16/h9-12,15,17-20H,4-8,13H2,1-3H3/t15-,17+,18-,22+/m0/s1. The second-order valence-corrected chi connectivity index (χ2v) is 7.66. The lowest BCUT2D eigenvalue weighted by Crippen LogP contribution is -2.33. The van der Waals surface area contributed by atoms with Crippen molar-refractivity contribution in [2.45, 2.75) is 70.0 Å². The van der Waals surface area contributed by atoms with Crippen LogP contribution >= 0.6 is 0 Å². The summed E-state index contributed by atoms with van der Waals surface area (Å²) >= 11 is 0. The Hall–Kier alpha value is -0.710. The van der Waals surface area contributed by atoms with Gasteiger partial charge >= 0.3 is 0 Å². The van der Waals surface area contributed by atoms with Crippen LogP contribution in [0.5, 0.6) is 0 Å². The fraction of sp³-hybridized carbons (Fsp3) is 0.667. The summed E-state index contributed by atoms with van der Waals surface area (Å²) in [6.45, 7) is 5.98. The zero-order valence-corrected chi connectivity index (χ0v) is 14.8. The van der Waals surface area contributed by atoms with Gasteiger partial charge in [0.05, 0.1) is 28.8 Å². The Kier molecular flexibility index (Phi) is 8.91. The van der Waals surface area contributed by atoms with E-state index < -0.39 is 23.0 Å². The van der Waals surface area contributed by atoms with E-state index in [1.165, 1.54) is 12.8 Å². The summed E-state index contributed by atoms with van der Waals surface area (Å²) in [4.78, 5) is 0.731. The predicted molar refractivity (Wildman–Crippen MR) is 92.4 cm³/mol. The fourth-order valence-corrected chi connectivity index (χ4v) is 3.64. The van der Waals surface area contributed by atoms with Crippen molar-refractivity contribution >= 4 is 10.8 Å². The Bertz CT molecular complexity index is 444. The number of hydrogen-bond donors (Lipinski definition) is 2. The molecule has 126 valence electrons. The number of benzene rings is 1. The summed E-state index contributed by atoms with van der Waals surface area (Å²) < 4.78 is 12.3. The molecule has 22 heavy (non-hydrogen) atoms. The van der Waals surface area contributed by atoms with Gasteiger partial charge in [0, 0.05) is 10.8 Å². The highest BCUT2D eigenvalue weighted by atomic mass is 32.2. The lowest BCUT2D eigenvalue weighted by Gasteiger charge is -2.24. The fourth-order valence-electron chi connectivity index (χ4n) is 2.39. The molecule has 0 fully saturated rings. The Morgan fingerprint density at radius 1 is 1.05 bits per heavy atom. The molecule has 0 bridgehead atoms. The maximum atomic E-state index is 12.3. The molecule has 1 rings (SSSR count). The van der Waals surface area contributed by atoms with Gasteiger partial charge in [-0.25, -0.2) is 0 Å². The van der Waals surface area contributed by atoms with E-state index >= 15 is 0 Å². The van der Waals surface area contributed by atoms with Crippen molar-refractivity contribution in [3.05, 3.63) is 29.8 Å². The molecule has 4 atom stereocenters. The van der Waals surface area contributed by atoms with E-state index in [1.807, 2.05) is 38.1 Å². The second-order valence-electron chi connectivity index (χ2n) is 6.17. The van der Waals surface area contributed by atoms with Crippen molar-refractivity contribution in [1.82, 2.24) is 0 Å². The molecular weight excluding hydrogens is 296 g/mol. The van der Waals surface area contributed by atoms with Crippen LogP contribution in [0, 0.1) is 12.8 Å². The summed E-state index contributed by atoms with van der Waals surface area (Å²) in [5.74, 6) is -0.0768. The zero-order chi connectivity index (χ0) is 16.5. The molecule has 1 aromatic carbocycles. The van der Waals surface area contributed by atoms with E-state index in [2.05, 4.69) is 6.92 Å². The Labute approximate surface area is 137 Å². The van der Waals surface area contributed by atoms with Crippen LogP contribution in [0.2, 0.25) is 0 Å². The minimum absolute atomic E-state index is 0.177. The summed E-state index contributed by atoms with van der Waals surface area (Å²) in [6.07, 6.45) is 3.88. The number of aliphatic hydroxyl groups is 2. The highest BCUT2D eigenvalue weighted by molar-refractivity contribution is 7.85. The van der Waals surface area contributed by atoms with Crippen molar-refractivity contribution in [3.63, 3.8) is 0 Å².